The van der Waals surface area contributed by atoms with E-state index in [2.05, 4.69) is 15.0 Å². The van der Waals surface area contributed by atoms with E-state index >= 15 is 0 Å². The average Bonchev–Trinajstić information content (AvgIpc) is 3.15. The first-order valence-electron chi connectivity index (χ1n) is 8.16. The minimum Gasteiger partial charge on any atom is -0.368 e. The van der Waals surface area contributed by atoms with Crippen LogP contribution in [-0.4, -0.2) is 49.4 Å². The lowest BCUT2D eigenvalue weighted by Gasteiger charge is -2.10. The van der Waals surface area contributed by atoms with Gasteiger partial charge in [0, 0.05) is 26.6 Å². The fourth-order valence-corrected chi connectivity index (χ4v) is 3.50. The summed E-state index contributed by atoms with van der Waals surface area (Å²) in [6.45, 7) is 1.12. The van der Waals surface area contributed by atoms with E-state index in [4.69, 9.17) is 4.74 Å². The number of nitrogens with one attached hydrogen (secondary N) is 2. The molecule has 136 valence electrons. The van der Waals surface area contributed by atoms with E-state index < -0.39 is 10.0 Å². The number of fused-ring (bicyclic) bond motifs is 1. The van der Waals surface area contributed by atoms with E-state index in [0.717, 1.165) is 30.4 Å². The zero-order valence-electron chi connectivity index (χ0n) is 14.3. The van der Waals surface area contributed by atoms with Crippen molar-refractivity contribution in [3.05, 3.63) is 24.0 Å². The number of nitrogens with zero attached hydrogens (tertiary/aromatic N) is 2. The van der Waals surface area contributed by atoms with Crippen molar-refractivity contribution in [2.75, 3.05) is 24.1 Å². The number of benzene rings is 1. The maximum Gasteiger partial charge on any atom is 0.249 e. The summed E-state index contributed by atoms with van der Waals surface area (Å²) in [5.41, 5.74) is 2.09. The zero-order valence-corrected chi connectivity index (χ0v) is 15.1. The molecule has 1 saturated heterocycles. The average molecular weight is 366 g/mol. The first kappa shape index (κ1) is 17.7. The summed E-state index contributed by atoms with van der Waals surface area (Å²) in [4.78, 5) is 16.5. The molecule has 0 unspecified atom stereocenters. The molecular formula is C16H22N4O4S. The Kier molecular flexibility index (Phi) is 4.96. The Labute approximate surface area is 146 Å². The molecule has 8 nitrogen and oxygen atoms in total. The van der Waals surface area contributed by atoms with E-state index in [0.29, 0.717) is 30.8 Å². The maximum absolute atomic E-state index is 11.9. The van der Waals surface area contributed by atoms with Gasteiger partial charge in [0.05, 0.1) is 23.0 Å². The number of carbonyl (C=O) groups is 1. The number of amides is 1. The quantitative estimate of drug-likeness (QED) is 0.787. The number of carbonyl (C=O) groups excluding carboxylic acids is 1. The number of imidazole rings is 1. The van der Waals surface area contributed by atoms with Crippen LogP contribution < -0.4 is 10.0 Å². The van der Waals surface area contributed by atoms with Crippen molar-refractivity contribution in [2.45, 2.75) is 25.4 Å². The van der Waals surface area contributed by atoms with Crippen molar-refractivity contribution in [1.29, 1.82) is 0 Å². The van der Waals surface area contributed by atoms with E-state index in [1.165, 1.54) is 0 Å². The summed E-state index contributed by atoms with van der Waals surface area (Å²) in [6.07, 6.45) is 3.06. The van der Waals surface area contributed by atoms with Crippen molar-refractivity contribution in [1.82, 2.24) is 14.9 Å². The standard InChI is InChI=1S/C16H22N4O4S/c1-20-13-6-5-11(19-25(2,22)23)10-12(13)18-15(20)7-8-17-16(21)14-4-3-9-24-14/h5-6,10,14,19H,3-4,7-9H2,1-2H3,(H,17,21)/t14-/m0/s1. The van der Waals surface area contributed by atoms with Crippen molar-refractivity contribution < 1.29 is 17.9 Å². The largest absolute Gasteiger partial charge is 0.368 e. The highest BCUT2D eigenvalue weighted by atomic mass is 32.2. The van der Waals surface area contributed by atoms with Crippen LogP contribution in [0.25, 0.3) is 11.0 Å². The van der Waals surface area contributed by atoms with Crippen molar-refractivity contribution >= 4 is 32.7 Å². The van der Waals surface area contributed by atoms with Crippen molar-refractivity contribution in [3.63, 3.8) is 0 Å². The number of hydrogen-bond donors (Lipinski definition) is 2. The molecule has 2 N–H and O–H groups in total. The number of aryl methyl sites for hydroxylation is 1. The van der Waals surface area contributed by atoms with E-state index in [9.17, 15) is 13.2 Å². The number of sulfonamides is 1. The summed E-state index contributed by atoms with van der Waals surface area (Å²) >= 11 is 0. The molecule has 2 heterocycles. The van der Waals surface area contributed by atoms with Gasteiger partial charge < -0.3 is 14.6 Å². The van der Waals surface area contributed by atoms with Crippen LogP contribution in [0.4, 0.5) is 5.69 Å². The highest BCUT2D eigenvalue weighted by Crippen LogP contribution is 2.20. The normalized spacial score (nSPS) is 17.8. The molecule has 1 aliphatic heterocycles. The molecule has 1 aromatic heterocycles. The van der Waals surface area contributed by atoms with Gasteiger partial charge in [-0.25, -0.2) is 13.4 Å². The van der Waals surface area contributed by atoms with Crippen molar-refractivity contribution in [3.8, 4) is 0 Å². The lowest BCUT2D eigenvalue weighted by Crippen LogP contribution is -2.35. The van der Waals surface area contributed by atoms with E-state index in [-0.39, 0.29) is 12.0 Å². The van der Waals surface area contributed by atoms with Gasteiger partial charge in [0.1, 0.15) is 11.9 Å². The van der Waals surface area contributed by atoms with Gasteiger partial charge in [-0.05, 0) is 31.0 Å². The number of hydrogen-bond acceptors (Lipinski definition) is 5. The molecule has 0 aliphatic carbocycles. The molecule has 9 heteroatoms. The van der Waals surface area contributed by atoms with Crippen LogP contribution >= 0.6 is 0 Å². The van der Waals surface area contributed by atoms with Crippen LogP contribution in [0.2, 0.25) is 0 Å². The minimum atomic E-state index is -3.32. The second-order valence-corrected chi connectivity index (χ2v) is 7.96. The summed E-state index contributed by atoms with van der Waals surface area (Å²) < 4.78 is 32.4. The Morgan fingerprint density at radius 3 is 2.92 bits per heavy atom. The molecule has 1 aliphatic rings. The predicted molar refractivity (Wildman–Crippen MR) is 94.9 cm³/mol. The van der Waals surface area contributed by atoms with Gasteiger partial charge in [0.25, 0.3) is 0 Å². The lowest BCUT2D eigenvalue weighted by molar-refractivity contribution is -0.130. The topological polar surface area (TPSA) is 102 Å². The first-order valence-corrected chi connectivity index (χ1v) is 10.0. The van der Waals surface area contributed by atoms with Crippen LogP contribution in [0.1, 0.15) is 18.7 Å². The van der Waals surface area contributed by atoms with Gasteiger partial charge >= 0.3 is 0 Å². The van der Waals surface area contributed by atoms with Crippen LogP contribution in [-0.2, 0) is 33.0 Å². The molecule has 0 spiro atoms. The second-order valence-electron chi connectivity index (χ2n) is 6.21. The molecule has 0 radical (unpaired) electrons. The summed E-state index contributed by atoms with van der Waals surface area (Å²) in [6, 6.07) is 5.23. The number of rotatable bonds is 6. The molecule has 1 amide bonds. The highest BCUT2D eigenvalue weighted by molar-refractivity contribution is 7.92. The predicted octanol–water partition coefficient (Wildman–Crippen LogP) is 0.783. The SMILES string of the molecule is Cn1c(CCNC(=O)[C@@H]2CCCO2)nc2cc(NS(C)(=O)=O)ccc21. The minimum absolute atomic E-state index is 0.0732. The molecule has 25 heavy (non-hydrogen) atoms. The molecule has 0 bridgehead atoms. The summed E-state index contributed by atoms with van der Waals surface area (Å²) in [5, 5.41) is 2.88. The number of aromatic nitrogens is 2. The molecule has 2 aromatic rings. The van der Waals surface area contributed by atoms with E-state index in [1.807, 2.05) is 17.7 Å². The Morgan fingerprint density at radius 1 is 1.44 bits per heavy atom. The van der Waals surface area contributed by atoms with Gasteiger partial charge in [-0.3, -0.25) is 9.52 Å². The third-order valence-electron chi connectivity index (χ3n) is 4.15. The maximum atomic E-state index is 11.9. The fourth-order valence-electron chi connectivity index (χ4n) is 2.95. The van der Waals surface area contributed by atoms with Gasteiger partial charge in [-0.15, -0.1) is 0 Å². The Balaban J connectivity index is 1.67. The molecule has 0 saturated carbocycles. The summed E-state index contributed by atoms with van der Waals surface area (Å²) in [5.74, 6) is 0.745. The lowest BCUT2D eigenvalue weighted by atomic mass is 10.2. The molecule has 1 aromatic carbocycles. The smallest absolute Gasteiger partial charge is 0.249 e. The third-order valence-corrected chi connectivity index (χ3v) is 4.75. The Morgan fingerprint density at radius 2 is 2.24 bits per heavy atom. The van der Waals surface area contributed by atoms with Crippen LogP contribution in [0, 0.1) is 0 Å². The monoisotopic (exact) mass is 366 g/mol. The van der Waals surface area contributed by atoms with Crippen LogP contribution in [0.3, 0.4) is 0 Å². The Bertz CT molecular complexity index is 885. The van der Waals surface area contributed by atoms with Crippen LogP contribution in [0.15, 0.2) is 18.2 Å². The van der Waals surface area contributed by atoms with E-state index in [1.54, 1.807) is 12.1 Å². The molecule has 3 rings (SSSR count). The van der Waals surface area contributed by atoms with Gasteiger partial charge in [0.15, 0.2) is 0 Å². The van der Waals surface area contributed by atoms with Crippen LogP contribution in [0.5, 0.6) is 0 Å². The highest BCUT2D eigenvalue weighted by Gasteiger charge is 2.23. The summed E-state index contributed by atoms with van der Waals surface area (Å²) in [7, 11) is -1.43. The second kappa shape index (κ2) is 7.01. The van der Waals surface area contributed by atoms with Crippen molar-refractivity contribution in [2.24, 2.45) is 7.05 Å². The zero-order chi connectivity index (χ0) is 18.0. The van der Waals surface area contributed by atoms with Gasteiger partial charge in [0.2, 0.25) is 15.9 Å². The number of anilines is 1. The first-order chi connectivity index (χ1) is 11.8. The molecule has 1 atom stereocenters. The fraction of sp³-hybridized carbons (Fsp3) is 0.500. The molecule has 1 fully saturated rings. The third kappa shape index (κ3) is 4.29. The van der Waals surface area contributed by atoms with Gasteiger partial charge in [-0.2, -0.15) is 0 Å². The molecular weight excluding hydrogens is 344 g/mol. The number of ether oxygens (including phenoxy) is 1. The van der Waals surface area contributed by atoms with Gasteiger partial charge in [-0.1, -0.05) is 0 Å². The Hall–Kier alpha value is -2.13.